The van der Waals surface area contributed by atoms with E-state index in [9.17, 15) is 4.79 Å². The van der Waals surface area contributed by atoms with Crippen LogP contribution in [0.5, 0.6) is 0 Å². The van der Waals surface area contributed by atoms with Crippen LogP contribution in [0.1, 0.15) is 47.5 Å². The van der Waals surface area contributed by atoms with Crippen molar-refractivity contribution in [3.8, 4) is 0 Å². The van der Waals surface area contributed by atoms with Crippen molar-refractivity contribution in [2.24, 2.45) is 5.41 Å². The summed E-state index contributed by atoms with van der Waals surface area (Å²) in [6.07, 6.45) is 1.89. The summed E-state index contributed by atoms with van der Waals surface area (Å²) < 4.78 is 0. The first-order chi connectivity index (χ1) is 6.88. The molecule has 0 radical (unpaired) electrons. The van der Waals surface area contributed by atoms with Crippen LogP contribution < -0.4 is 0 Å². The fraction of sp³-hybridized carbons (Fsp3) is 0.917. The standard InChI is InChI=1S/C12H25NO2/c1-6-10(7-2)13(8-9-14)11(15)12(3,4)5/h10,14H,6-9H2,1-5H3. The van der Waals surface area contributed by atoms with Gasteiger partial charge >= 0.3 is 0 Å². The summed E-state index contributed by atoms with van der Waals surface area (Å²) in [5, 5.41) is 9.00. The van der Waals surface area contributed by atoms with Crippen LogP contribution in [0.3, 0.4) is 0 Å². The van der Waals surface area contributed by atoms with Crippen LogP contribution in [0.15, 0.2) is 0 Å². The number of hydrogen-bond donors (Lipinski definition) is 1. The van der Waals surface area contributed by atoms with Gasteiger partial charge in [-0.05, 0) is 12.8 Å². The van der Waals surface area contributed by atoms with Crippen molar-refractivity contribution in [3.05, 3.63) is 0 Å². The number of rotatable bonds is 5. The number of aliphatic hydroxyl groups is 1. The molecular weight excluding hydrogens is 190 g/mol. The molecule has 1 amide bonds. The van der Waals surface area contributed by atoms with Gasteiger partial charge in [-0.3, -0.25) is 4.79 Å². The van der Waals surface area contributed by atoms with Crippen molar-refractivity contribution in [2.75, 3.05) is 13.2 Å². The molecule has 0 rings (SSSR count). The van der Waals surface area contributed by atoms with E-state index in [1.807, 2.05) is 25.7 Å². The van der Waals surface area contributed by atoms with Crippen LogP contribution in [0.4, 0.5) is 0 Å². The Morgan fingerprint density at radius 1 is 1.27 bits per heavy atom. The van der Waals surface area contributed by atoms with E-state index in [2.05, 4.69) is 13.8 Å². The molecular formula is C12H25NO2. The molecule has 0 saturated heterocycles. The SMILES string of the molecule is CCC(CC)N(CCO)C(=O)C(C)(C)C. The fourth-order valence-corrected chi connectivity index (χ4v) is 1.72. The lowest BCUT2D eigenvalue weighted by molar-refractivity contribution is -0.142. The summed E-state index contributed by atoms with van der Waals surface area (Å²) in [6, 6.07) is 0.254. The normalized spacial score (nSPS) is 11.9. The van der Waals surface area contributed by atoms with E-state index in [1.165, 1.54) is 0 Å². The molecule has 3 heteroatoms. The lowest BCUT2D eigenvalue weighted by atomic mass is 9.93. The summed E-state index contributed by atoms with van der Waals surface area (Å²) in [7, 11) is 0. The average Bonchev–Trinajstić information content (AvgIpc) is 2.16. The highest BCUT2D eigenvalue weighted by Gasteiger charge is 2.30. The Morgan fingerprint density at radius 2 is 1.73 bits per heavy atom. The van der Waals surface area contributed by atoms with Crippen LogP contribution in [0, 0.1) is 5.41 Å². The summed E-state index contributed by atoms with van der Waals surface area (Å²) in [6.45, 7) is 10.4. The average molecular weight is 215 g/mol. The molecule has 15 heavy (non-hydrogen) atoms. The number of nitrogens with zero attached hydrogens (tertiary/aromatic N) is 1. The predicted octanol–water partition coefficient (Wildman–Crippen LogP) is 2.04. The Hall–Kier alpha value is -0.570. The maximum atomic E-state index is 12.1. The second-order valence-electron chi connectivity index (χ2n) is 4.94. The van der Waals surface area contributed by atoms with Crippen LogP contribution in [0.2, 0.25) is 0 Å². The van der Waals surface area contributed by atoms with Crippen LogP contribution >= 0.6 is 0 Å². The van der Waals surface area contributed by atoms with Gasteiger partial charge in [0.1, 0.15) is 0 Å². The molecule has 0 aliphatic carbocycles. The minimum absolute atomic E-state index is 0.0400. The highest BCUT2D eigenvalue weighted by Crippen LogP contribution is 2.21. The highest BCUT2D eigenvalue weighted by atomic mass is 16.3. The third kappa shape index (κ3) is 4.20. The lowest BCUT2D eigenvalue weighted by Crippen LogP contribution is -2.46. The molecule has 0 aromatic carbocycles. The zero-order chi connectivity index (χ0) is 12.1. The van der Waals surface area contributed by atoms with Gasteiger partial charge in [0.25, 0.3) is 0 Å². The molecule has 0 atom stereocenters. The number of amides is 1. The first-order valence-electron chi connectivity index (χ1n) is 5.80. The van der Waals surface area contributed by atoms with Gasteiger partial charge in [-0.25, -0.2) is 0 Å². The zero-order valence-corrected chi connectivity index (χ0v) is 10.7. The van der Waals surface area contributed by atoms with E-state index in [1.54, 1.807) is 0 Å². The van der Waals surface area contributed by atoms with Crippen LogP contribution in [-0.4, -0.2) is 35.1 Å². The molecule has 3 nitrogen and oxygen atoms in total. The topological polar surface area (TPSA) is 40.5 Å². The van der Waals surface area contributed by atoms with Crippen LogP contribution in [-0.2, 0) is 4.79 Å². The van der Waals surface area contributed by atoms with Gasteiger partial charge in [0, 0.05) is 18.0 Å². The Kier molecular flexibility index (Phi) is 5.88. The van der Waals surface area contributed by atoms with Crippen molar-refractivity contribution in [1.29, 1.82) is 0 Å². The Bertz CT molecular complexity index is 192. The minimum atomic E-state index is -0.363. The molecule has 1 N–H and O–H groups in total. The first kappa shape index (κ1) is 14.4. The largest absolute Gasteiger partial charge is 0.395 e. The second-order valence-corrected chi connectivity index (χ2v) is 4.94. The van der Waals surface area contributed by atoms with Gasteiger partial charge in [0.05, 0.1) is 6.61 Å². The van der Waals surface area contributed by atoms with Crippen molar-refractivity contribution in [2.45, 2.75) is 53.5 Å². The van der Waals surface area contributed by atoms with E-state index in [0.29, 0.717) is 6.54 Å². The third-order valence-corrected chi connectivity index (χ3v) is 2.63. The van der Waals surface area contributed by atoms with Crippen molar-refractivity contribution >= 4 is 5.91 Å². The molecule has 0 aliphatic heterocycles. The van der Waals surface area contributed by atoms with E-state index >= 15 is 0 Å². The second kappa shape index (κ2) is 6.11. The van der Waals surface area contributed by atoms with E-state index in [-0.39, 0.29) is 24.0 Å². The Balaban J connectivity index is 4.71. The van der Waals surface area contributed by atoms with Gasteiger partial charge in [-0.2, -0.15) is 0 Å². The molecule has 90 valence electrons. The van der Waals surface area contributed by atoms with Gasteiger partial charge < -0.3 is 10.0 Å². The molecule has 0 aliphatic rings. The van der Waals surface area contributed by atoms with E-state index in [4.69, 9.17) is 5.11 Å². The van der Waals surface area contributed by atoms with Gasteiger partial charge in [-0.1, -0.05) is 34.6 Å². The van der Waals surface area contributed by atoms with Gasteiger partial charge in [0.2, 0.25) is 5.91 Å². The van der Waals surface area contributed by atoms with Gasteiger partial charge in [-0.15, -0.1) is 0 Å². The smallest absolute Gasteiger partial charge is 0.228 e. The highest BCUT2D eigenvalue weighted by molar-refractivity contribution is 5.81. The summed E-state index contributed by atoms with van der Waals surface area (Å²) in [5.74, 6) is 0.130. The lowest BCUT2D eigenvalue weighted by Gasteiger charge is -2.35. The number of aliphatic hydroxyl groups excluding tert-OH is 1. The first-order valence-corrected chi connectivity index (χ1v) is 5.80. The van der Waals surface area contributed by atoms with Crippen molar-refractivity contribution in [3.63, 3.8) is 0 Å². The maximum absolute atomic E-state index is 12.1. The fourth-order valence-electron chi connectivity index (χ4n) is 1.72. The minimum Gasteiger partial charge on any atom is -0.395 e. The Morgan fingerprint density at radius 3 is 2.00 bits per heavy atom. The van der Waals surface area contributed by atoms with Crippen LogP contribution in [0.25, 0.3) is 0 Å². The van der Waals surface area contributed by atoms with Gasteiger partial charge in [0.15, 0.2) is 0 Å². The maximum Gasteiger partial charge on any atom is 0.228 e. The number of carbonyl (C=O) groups excluding carboxylic acids is 1. The number of carbonyl (C=O) groups is 1. The predicted molar refractivity (Wildman–Crippen MR) is 62.6 cm³/mol. The molecule has 0 bridgehead atoms. The van der Waals surface area contributed by atoms with E-state index in [0.717, 1.165) is 12.8 Å². The molecule has 0 fully saturated rings. The quantitative estimate of drug-likeness (QED) is 0.762. The molecule has 0 saturated carbocycles. The summed E-state index contributed by atoms with van der Waals surface area (Å²) in [4.78, 5) is 13.9. The zero-order valence-electron chi connectivity index (χ0n) is 10.7. The Labute approximate surface area is 93.5 Å². The molecule has 0 unspecified atom stereocenters. The molecule has 0 aromatic heterocycles. The van der Waals surface area contributed by atoms with E-state index < -0.39 is 0 Å². The third-order valence-electron chi connectivity index (χ3n) is 2.63. The summed E-state index contributed by atoms with van der Waals surface area (Å²) in [5.41, 5.74) is -0.363. The van der Waals surface area contributed by atoms with Crippen molar-refractivity contribution in [1.82, 2.24) is 4.90 Å². The monoisotopic (exact) mass is 215 g/mol. The molecule has 0 heterocycles. The molecule has 0 spiro atoms. The van der Waals surface area contributed by atoms with Crippen molar-refractivity contribution < 1.29 is 9.90 Å². The molecule has 0 aromatic rings. The summed E-state index contributed by atoms with van der Waals surface area (Å²) >= 11 is 0. The number of hydrogen-bond acceptors (Lipinski definition) is 2.